The summed E-state index contributed by atoms with van der Waals surface area (Å²) in [6.45, 7) is 4.29. The van der Waals surface area contributed by atoms with Gasteiger partial charge >= 0.3 is 0 Å². The molecular formula is C19H22N2O4. The smallest absolute Gasteiger partial charge is 0.255 e. The van der Waals surface area contributed by atoms with Gasteiger partial charge in [-0.1, -0.05) is 6.07 Å². The Labute approximate surface area is 147 Å². The third-order valence-electron chi connectivity index (χ3n) is 3.45. The van der Waals surface area contributed by atoms with Crippen LogP contribution in [0.15, 0.2) is 42.5 Å². The molecule has 0 spiro atoms. The van der Waals surface area contributed by atoms with E-state index in [1.165, 1.54) is 6.92 Å². The van der Waals surface area contributed by atoms with Gasteiger partial charge < -0.3 is 20.1 Å². The van der Waals surface area contributed by atoms with Crippen LogP contribution in [0.3, 0.4) is 0 Å². The Bertz CT molecular complexity index is 759. The van der Waals surface area contributed by atoms with Crippen LogP contribution >= 0.6 is 0 Å². The number of amides is 2. The molecule has 0 atom stereocenters. The largest absolute Gasteiger partial charge is 0.496 e. The summed E-state index contributed by atoms with van der Waals surface area (Å²) in [5.74, 6) is 0.261. The van der Waals surface area contributed by atoms with Crippen LogP contribution in [0.25, 0.3) is 0 Å². The van der Waals surface area contributed by atoms with E-state index in [0.29, 0.717) is 35.9 Å². The summed E-state index contributed by atoms with van der Waals surface area (Å²) in [4.78, 5) is 23.6. The van der Waals surface area contributed by atoms with Crippen molar-refractivity contribution in [3.05, 3.63) is 53.6 Å². The van der Waals surface area contributed by atoms with E-state index >= 15 is 0 Å². The van der Waals surface area contributed by atoms with Crippen molar-refractivity contribution in [2.45, 2.75) is 20.5 Å². The molecular weight excluding hydrogens is 320 g/mol. The molecule has 2 N–H and O–H groups in total. The average Bonchev–Trinajstić information content (AvgIpc) is 2.59. The molecule has 6 heteroatoms. The molecule has 0 aliphatic carbocycles. The first-order valence-electron chi connectivity index (χ1n) is 7.97. The number of benzene rings is 2. The zero-order valence-corrected chi connectivity index (χ0v) is 14.6. The maximum absolute atomic E-state index is 12.5. The Balaban J connectivity index is 2.16. The number of rotatable bonds is 7. The highest BCUT2D eigenvalue weighted by molar-refractivity contribution is 6.04. The summed E-state index contributed by atoms with van der Waals surface area (Å²) < 4.78 is 10.7. The van der Waals surface area contributed by atoms with Gasteiger partial charge in [0.05, 0.1) is 13.7 Å². The molecule has 0 aliphatic heterocycles. The van der Waals surface area contributed by atoms with E-state index in [2.05, 4.69) is 10.6 Å². The van der Waals surface area contributed by atoms with E-state index in [1.807, 2.05) is 6.92 Å². The summed E-state index contributed by atoms with van der Waals surface area (Å²) in [5.41, 5.74) is 2.53. The predicted molar refractivity (Wildman–Crippen MR) is 97.0 cm³/mol. The van der Waals surface area contributed by atoms with E-state index in [4.69, 9.17) is 9.47 Å². The fourth-order valence-corrected chi connectivity index (χ4v) is 2.33. The number of carbonyl (C=O) groups is 2. The topological polar surface area (TPSA) is 76.7 Å². The Hall–Kier alpha value is -2.86. The second-order valence-electron chi connectivity index (χ2n) is 5.38. The van der Waals surface area contributed by atoms with Crippen molar-refractivity contribution in [2.75, 3.05) is 24.4 Å². The van der Waals surface area contributed by atoms with Gasteiger partial charge in [0.25, 0.3) is 5.91 Å². The molecule has 0 radical (unpaired) electrons. The molecule has 0 saturated carbocycles. The summed E-state index contributed by atoms with van der Waals surface area (Å²) >= 11 is 0. The van der Waals surface area contributed by atoms with Crippen molar-refractivity contribution >= 4 is 23.2 Å². The fourth-order valence-electron chi connectivity index (χ4n) is 2.33. The predicted octanol–water partition coefficient (Wildman–Crippen LogP) is 3.44. The molecule has 0 fully saturated rings. The van der Waals surface area contributed by atoms with Crippen molar-refractivity contribution < 1.29 is 19.1 Å². The van der Waals surface area contributed by atoms with Gasteiger partial charge in [0.2, 0.25) is 5.91 Å². The second-order valence-corrected chi connectivity index (χ2v) is 5.38. The van der Waals surface area contributed by atoms with Crippen LogP contribution in [-0.4, -0.2) is 25.5 Å². The van der Waals surface area contributed by atoms with Gasteiger partial charge in [-0.05, 0) is 43.3 Å². The Morgan fingerprint density at radius 1 is 1.04 bits per heavy atom. The summed E-state index contributed by atoms with van der Waals surface area (Å²) in [6.07, 6.45) is 0. The number of nitrogens with one attached hydrogen (secondary N) is 2. The van der Waals surface area contributed by atoms with Gasteiger partial charge in [-0.15, -0.1) is 0 Å². The molecule has 0 unspecified atom stereocenters. The van der Waals surface area contributed by atoms with Crippen LogP contribution in [-0.2, 0) is 16.1 Å². The van der Waals surface area contributed by atoms with Crippen molar-refractivity contribution in [1.29, 1.82) is 0 Å². The minimum absolute atomic E-state index is 0.167. The van der Waals surface area contributed by atoms with Gasteiger partial charge in [-0.25, -0.2) is 0 Å². The van der Waals surface area contributed by atoms with Crippen LogP contribution in [0, 0.1) is 0 Å². The highest BCUT2D eigenvalue weighted by Gasteiger charge is 2.11. The van der Waals surface area contributed by atoms with E-state index in [1.54, 1.807) is 49.6 Å². The number of hydrogen-bond acceptors (Lipinski definition) is 4. The van der Waals surface area contributed by atoms with Crippen molar-refractivity contribution in [2.24, 2.45) is 0 Å². The van der Waals surface area contributed by atoms with Crippen molar-refractivity contribution in [1.82, 2.24) is 0 Å². The lowest BCUT2D eigenvalue weighted by Crippen LogP contribution is -2.13. The first-order chi connectivity index (χ1) is 12.0. The minimum Gasteiger partial charge on any atom is -0.496 e. The molecule has 25 heavy (non-hydrogen) atoms. The van der Waals surface area contributed by atoms with Crippen molar-refractivity contribution in [3.63, 3.8) is 0 Å². The number of anilines is 2. The zero-order chi connectivity index (χ0) is 18.2. The normalized spacial score (nSPS) is 10.2. The van der Waals surface area contributed by atoms with Crippen LogP contribution in [0.2, 0.25) is 0 Å². The molecule has 2 aromatic rings. The molecule has 0 bridgehead atoms. The number of ether oxygens (including phenoxy) is 2. The van der Waals surface area contributed by atoms with Gasteiger partial charge in [0, 0.05) is 36.0 Å². The van der Waals surface area contributed by atoms with E-state index in [9.17, 15) is 9.59 Å². The molecule has 0 saturated heterocycles. The van der Waals surface area contributed by atoms with E-state index in [-0.39, 0.29) is 11.8 Å². The van der Waals surface area contributed by atoms with E-state index < -0.39 is 0 Å². The van der Waals surface area contributed by atoms with Crippen molar-refractivity contribution in [3.8, 4) is 5.75 Å². The molecule has 2 amide bonds. The van der Waals surface area contributed by atoms with Crippen LogP contribution in [0.1, 0.15) is 29.8 Å². The van der Waals surface area contributed by atoms with Crippen LogP contribution in [0.5, 0.6) is 5.75 Å². The highest BCUT2D eigenvalue weighted by Crippen LogP contribution is 2.22. The Kier molecular flexibility index (Phi) is 6.54. The number of carbonyl (C=O) groups excluding carboxylic acids is 2. The monoisotopic (exact) mass is 342 g/mol. The molecule has 6 nitrogen and oxygen atoms in total. The lowest BCUT2D eigenvalue weighted by atomic mass is 10.1. The maximum Gasteiger partial charge on any atom is 0.255 e. The molecule has 2 aromatic carbocycles. The van der Waals surface area contributed by atoms with Crippen LogP contribution < -0.4 is 15.4 Å². The van der Waals surface area contributed by atoms with Gasteiger partial charge in [-0.2, -0.15) is 0 Å². The zero-order valence-electron chi connectivity index (χ0n) is 14.6. The van der Waals surface area contributed by atoms with E-state index in [0.717, 1.165) is 5.56 Å². The molecule has 0 aromatic heterocycles. The minimum atomic E-state index is -0.250. The standard InChI is InChI=1S/C19H22N2O4/c1-4-25-12-15-10-14(8-9-18(15)24-3)19(23)21-17-7-5-6-16(11-17)20-13(2)22/h5-11H,4,12H2,1-3H3,(H,20,22)(H,21,23). The Morgan fingerprint density at radius 2 is 1.76 bits per heavy atom. The molecule has 0 heterocycles. The third kappa shape index (κ3) is 5.32. The van der Waals surface area contributed by atoms with Gasteiger partial charge in [0.15, 0.2) is 0 Å². The molecule has 2 rings (SSSR count). The second kappa shape index (κ2) is 8.84. The Morgan fingerprint density at radius 3 is 2.40 bits per heavy atom. The first-order valence-corrected chi connectivity index (χ1v) is 7.97. The number of hydrogen-bond donors (Lipinski definition) is 2. The van der Waals surface area contributed by atoms with Crippen LogP contribution in [0.4, 0.5) is 11.4 Å². The van der Waals surface area contributed by atoms with Gasteiger partial charge in [0.1, 0.15) is 5.75 Å². The highest BCUT2D eigenvalue weighted by atomic mass is 16.5. The number of methoxy groups -OCH3 is 1. The maximum atomic E-state index is 12.5. The lowest BCUT2D eigenvalue weighted by Gasteiger charge is -2.12. The summed E-state index contributed by atoms with van der Waals surface area (Å²) in [5, 5.41) is 5.50. The summed E-state index contributed by atoms with van der Waals surface area (Å²) in [7, 11) is 1.58. The fraction of sp³-hybridized carbons (Fsp3) is 0.263. The quantitative estimate of drug-likeness (QED) is 0.808. The lowest BCUT2D eigenvalue weighted by molar-refractivity contribution is -0.114. The van der Waals surface area contributed by atoms with Gasteiger partial charge in [-0.3, -0.25) is 9.59 Å². The average molecular weight is 342 g/mol. The first kappa shape index (κ1) is 18.5. The molecule has 132 valence electrons. The molecule has 0 aliphatic rings. The third-order valence-corrected chi connectivity index (χ3v) is 3.45. The summed E-state index contributed by atoms with van der Waals surface area (Å²) in [6, 6.07) is 12.2. The SMILES string of the molecule is CCOCc1cc(C(=O)Nc2cccc(NC(C)=O)c2)ccc1OC.